The number of nitriles is 1. The lowest BCUT2D eigenvalue weighted by atomic mass is 10.1. The smallest absolute Gasteiger partial charge is 0.267 e. The highest BCUT2D eigenvalue weighted by atomic mass is 19.1. The third-order valence-corrected chi connectivity index (χ3v) is 3.65. The summed E-state index contributed by atoms with van der Waals surface area (Å²) in [5.74, 6) is -1.37. The summed E-state index contributed by atoms with van der Waals surface area (Å²) in [6.45, 7) is -0.215. The van der Waals surface area contributed by atoms with Crippen molar-refractivity contribution in [3.05, 3.63) is 93.3 Å². The van der Waals surface area contributed by atoms with Crippen molar-refractivity contribution in [1.82, 2.24) is 9.78 Å². The molecule has 0 fully saturated rings. The number of nitrogens with zero attached hydrogens (tertiary/aromatic N) is 3. The predicted molar refractivity (Wildman–Crippen MR) is 89.4 cm³/mol. The highest BCUT2D eigenvalue weighted by Crippen LogP contribution is 2.14. The van der Waals surface area contributed by atoms with Crippen LogP contribution in [-0.2, 0) is 13.2 Å². The van der Waals surface area contributed by atoms with Gasteiger partial charge in [0.1, 0.15) is 18.2 Å². The Labute approximate surface area is 147 Å². The van der Waals surface area contributed by atoms with E-state index in [9.17, 15) is 13.6 Å². The number of hydrogen-bond donors (Lipinski definition) is 0. The van der Waals surface area contributed by atoms with Gasteiger partial charge in [0, 0.05) is 17.7 Å². The molecule has 1 heterocycles. The second-order valence-corrected chi connectivity index (χ2v) is 5.47. The first-order chi connectivity index (χ1) is 12.6. The van der Waals surface area contributed by atoms with Crippen molar-refractivity contribution in [3.63, 3.8) is 0 Å². The van der Waals surface area contributed by atoms with E-state index in [-0.39, 0.29) is 24.6 Å². The first kappa shape index (κ1) is 17.3. The Bertz CT molecular complexity index is 1020. The van der Waals surface area contributed by atoms with Gasteiger partial charge in [-0.15, -0.1) is 5.10 Å². The summed E-state index contributed by atoms with van der Waals surface area (Å²) in [7, 11) is 0. The lowest BCUT2D eigenvalue weighted by Gasteiger charge is -2.10. The minimum absolute atomic E-state index is 0.128. The molecule has 0 aliphatic rings. The third kappa shape index (κ3) is 3.92. The number of hydrogen-bond acceptors (Lipinski definition) is 4. The minimum Gasteiger partial charge on any atom is -0.472 e. The molecule has 0 radical (unpaired) electrons. The van der Waals surface area contributed by atoms with Gasteiger partial charge in [0.05, 0.1) is 18.2 Å². The largest absolute Gasteiger partial charge is 0.472 e. The van der Waals surface area contributed by atoms with Crippen molar-refractivity contribution in [2.24, 2.45) is 0 Å². The Hall–Kier alpha value is -3.53. The number of rotatable bonds is 5. The summed E-state index contributed by atoms with van der Waals surface area (Å²) in [5, 5.41) is 12.9. The van der Waals surface area contributed by atoms with Crippen molar-refractivity contribution >= 4 is 0 Å². The van der Waals surface area contributed by atoms with E-state index in [4.69, 9.17) is 10.00 Å². The van der Waals surface area contributed by atoms with E-state index in [0.717, 1.165) is 22.4 Å². The van der Waals surface area contributed by atoms with Crippen molar-refractivity contribution in [2.45, 2.75) is 13.2 Å². The van der Waals surface area contributed by atoms with Crippen LogP contribution in [0.5, 0.6) is 5.88 Å². The van der Waals surface area contributed by atoms with Crippen molar-refractivity contribution in [1.29, 1.82) is 5.26 Å². The summed E-state index contributed by atoms with van der Waals surface area (Å²) in [4.78, 5) is 11.9. The second kappa shape index (κ2) is 7.57. The maximum atomic E-state index is 13.8. The Kier molecular flexibility index (Phi) is 5.04. The topological polar surface area (TPSA) is 67.9 Å². The van der Waals surface area contributed by atoms with Crippen LogP contribution in [-0.4, -0.2) is 9.78 Å². The molecule has 26 heavy (non-hydrogen) atoms. The van der Waals surface area contributed by atoms with E-state index >= 15 is 0 Å². The van der Waals surface area contributed by atoms with Crippen molar-refractivity contribution < 1.29 is 13.5 Å². The van der Waals surface area contributed by atoms with Crippen LogP contribution in [0.25, 0.3) is 0 Å². The normalized spacial score (nSPS) is 10.3. The fourth-order valence-electron chi connectivity index (χ4n) is 2.34. The molecule has 5 nitrogen and oxygen atoms in total. The number of benzene rings is 2. The molecule has 0 saturated heterocycles. The lowest BCUT2D eigenvalue weighted by Crippen LogP contribution is -2.24. The fraction of sp³-hybridized carbons (Fsp3) is 0.105. The molecule has 0 aliphatic carbocycles. The fourth-order valence-corrected chi connectivity index (χ4v) is 2.34. The molecule has 130 valence electrons. The van der Waals surface area contributed by atoms with Gasteiger partial charge in [0.25, 0.3) is 5.56 Å². The zero-order valence-corrected chi connectivity index (χ0v) is 13.5. The van der Waals surface area contributed by atoms with Crippen LogP contribution < -0.4 is 10.3 Å². The van der Waals surface area contributed by atoms with Crippen LogP contribution >= 0.6 is 0 Å². The van der Waals surface area contributed by atoms with E-state index in [0.29, 0.717) is 5.56 Å². The van der Waals surface area contributed by atoms with E-state index in [1.54, 1.807) is 24.3 Å². The molecule has 1 aromatic heterocycles. The first-order valence-electron chi connectivity index (χ1n) is 7.70. The van der Waals surface area contributed by atoms with Gasteiger partial charge in [-0.1, -0.05) is 18.2 Å². The molecular formula is C19H13F2N3O2. The number of aromatic nitrogens is 2. The van der Waals surface area contributed by atoms with Crippen LogP contribution in [0.2, 0.25) is 0 Å². The van der Waals surface area contributed by atoms with Gasteiger partial charge in [-0.05, 0) is 29.8 Å². The monoisotopic (exact) mass is 353 g/mol. The van der Waals surface area contributed by atoms with Gasteiger partial charge < -0.3 is 4.74 Å². The van der Waals surface area contributed by atoms with E-state index in [2.05, 4.69) is 5.10 Å². The molecule has 0 N–H and O–H groups in total. The van der Waals surface area contributed by atoms with E-state index in [1.807, 2.05) is 6.07 Å². The average molecular weight is 353 g/mol. The molecule has 0 saturated carbocycles. The Morgan fingerprint density at radius 1 is 1.08 bits per heavy atom. The number of ether oxygens (including phenoxy) is 1. The summed E-state index contributed by atoms with van der Waals surface area (Å²) < 4.78 is 34.0. The average Bonchev–Trinajstić information content (AvgIpc) is 2.65. The van der Waals surface area contributed by atoms with Crippen molar-refractivity contribution in [2.75, 3.05) is 0 Å². The molecule has 0 bridgehead atoms. The zero-order valence-electron chi connectivity index (χ0n) is 13.5. The molecule has 2 aromatic carbocycles. The third-order valence-electron chi connectivity index (χ3n) is 3.65. The van der Waals surface area contributed by atoms with E-state index < -0.39 is 17.2 Å². The summed E-state index contributed by atoms with van der Waals surface area (Å²) in [6, 6.07) is 15.0. The van der Waals surface area contributed by atoms with Gasteiger partial charge >= 0.3 is 0 Å². The highest BCUT2D eigenvalue weighted by molar-refractivity contribution is 5.32. The van der Waals surface area contributed by atoms with Crippen LogP contribution in [0, 0.1) is 23.0 Å². The zero-order chi connectivity index (χ0) is 18.5. The summed E-state index contributed by atoms with van der Waals surface area (Å²) in [5.41, 5.74) is 0.496. The predicted octanol–water partition coefficient (Wildman–Crippen LogP) is 3.02. The standard InChI is InChI=1S/C19H13F2N3O2/c20-16-5-2-6-17(21)15(16)11-24-19(25)8-7-18(23-24)26-12-14-4-1-3-13(9-14)10-22/h1-9H,11-12H2. The Morgan fingerprint density at radius 2 is 1.81 bits per heavy atom. The molecule has 0 atom stereocenters. The summed E-state index contributed by atoms with van der Waals surface area (Å²) in [6.07, 6.45) is 0. The SMILES string of the molecule is N#Cc1cccc(COc2ccc(=O)n(Cc3c(F)cccc3F)n2)c1. The molecule has 7 heteroatoms. The van der Waals surface area contributed by atoms with Crippen LogP contribution in [0.3, 0.4) is 0 Å². The van der Waals surface area contributed by atoms with Crippen LogP contribution in [0.1, 0.15) is 16.7 Å². The van der Waals surface area contributed by atoms with Gasteiger partial charge in [-0.25, -0.2) is 13.5 Å². The molecule has 3 aromatic rings. The van der Waals surface area contributed by atoms with E-state index in [1.165, 1.54) is 18.2 Å². The number of halogens is 2. The van der Waals surface area contributed by atoms with Crippen molar-refractivity contribution in [3.8, 4) is 11.9 Å². The molecule has 0 spiro atoms. The minimum atomic E-state index is -0.752. The quantitative estimate of drug-likeness (QED) is 0.707. The first-order valence-corrected chi connectivity index (χ1v) is 7.70. The van der Waals surface area contributed by atoms with Gasteiger partial charge in [0.15, 0.2) is 0 Å². The molecule has 0 amide bonds. The lowest BCUT2D eigenvalue weighted by molar-refractivity contribution is 0.283. The highest BCUT2D eigenvalue weighted by Gasteiger charge is 2.11. The molecule has 3 rings (SSSR count). The molecule has 0 aliphatic heterocycles. The van der Waals surface area contributed by atoms with Crippen LogP contribution in [0.15, 0.2) is 59.4 Å². The molecular weight excluding hydrogens is 340 g/mol. The maximum absolute atomic E-state index is 13.8. The van der Waals surface area contributed by atoms with Crippen LogP contribution in [0.4, 0.5) is 8.78 Å². The maximum Gasteiger partial charge on any atom is 0.267 e. The summed E-state index contributed by atoms with van der Waals surface area (Å²) >= 11 is 0. The Morgan fingerprint density at radius 3 is 2.54 bits per heavy atom. The second-order valence-electron chi connectivity index (χ2n) is 5.47. The van der Waals surface area contributed by atoms with Gasteiger partial charge in [-0.2, -0.15) is 5.26 Å². The molecule has 0 unspecified atom stereocenters. The van der Waals surface area contributed by atoms with Gasteiger partial charge in [-0.3, -0.25) is 4.79 Å². The Balaban J connectivity index is 1.79. The van der Waals surface area contributed by atoms with Gasteiger partial charge in [0.2, 0.25) is 5.88 Å².